The second kappa shape index (κ2) is 4.87. The zero-order valence-corrected chi connectivity index (χ0v) is 11.2. The van der Waals surface area contributed by atoms with Crippen LogP contribution in [0.25, 0.3) is 0 Å². The summed E-state index contributed by atoms with van der Waals surface area (Å²) in [5, 5.41) is 0. The minimum Gasteiger partial charge on any atom is -0.294 e. The molecule has 1 fully saturated rings. The molecule has 18 heavy (non-hydrogen) atoms. The highest BCUT2D eigenvalue weighted by Gasteiger charge is 2.24. The zero-order chi connectivity index (χ0) is 12.5. The molecule has 2 aliphatic rings. The smallest absolute Gasteiger partial charge is 0.163 e. The van der Waals surface area contributed by atoms with Gasteiger partial charge in [0.05, 0.1) is 0 Å². The van der Waals surface area contributed by atoms with Crippen LogP contribution in [-0.4, -0.2) is 5.78 Å². The lowest BCUT2D eigenvalue weighted by Crippen LogP contribution is -2.15. The van der Waals surface area contributed by atoms with Crippen molar-refractivity contribution in [2.75, 3.05) is 0 Å². The van der Waals surface area contributed by atoms with Gasteiger partial charge in [-0.15, -0.1) is 0 Å². The van der Waals surface area contributed by atoms with Gasteiger partial charge in [0, 0.05) is 12.0 Å². The number of ketones is 1. The Morgan fingerprint density at radius 2 is 1.83 bits per heavy atom. The van der Waals surface area contributed by atoms with E-state index in [1.165, 1.54) is 43.2 Å². The molecule has 0 radical (unpaired) electrons. The maximum absolute atomic E-state index is 12.1. The van der Waals surface area contributed by atoms with Crippen molar-refractivity contribution in [3.63, 3.8) is 0 Å². The maximum Gasteiger partial charge on any atom is 0.163 e. The molecule has 0 heterocycles. The van der Waals surface area contributed by atoms with Crippen LogP contribution in [-0.2, 0) is 0 Å². The lowest BCUT2D eigenvalue weighted by molar-refractivity contribution is 0.0968. The Bertz CT molecular complexity index is 455. The first-order chi connectivity index (χ1) is 8.75. The molecule has 0 amide bonds. The average Bonchev–Trinajstić information content (AvgIpc) is 2.44. The first kappa shape index (κ1) is 12.0. The van der Waals surface area contributed by atoms with Gasteiger partial charge < -0.3 is 0 Å². The second-order valence-electron chi connectivity index (χ2n) is 6.04. The summed E-state index contributed by atoms with van der Waals surface area (Å²) < 4.78 is 0. The molecule has 1 nitrogen and oxygen atoms in total. The van der Waals surface area contributed by atoms with Crippen LogP contribution in [0.5, 0.6) is 0 Å². The highest BCUT2D eigenvalue weighted by molar-refractivity contribution is 5.99. The summed E-state index contributed by atoms with van der Waals surface area (Å²) in [6.45, 7) is 2.24. The van der Waals surface area contributed by atoms with Gasteiger partial charge in [-0.1, -0.05) is 38.3 Å². The van der Waals surface area contributed by atoms with E-state index < -0.39 is 0 Å². The van der Waals surface area contributed by atoms with Crippen molar-refractivity contribution in [1.82, 2.24) is 0 Å². The topological polar surface area (TPSA) is 17.1 Å². The number of Topliss-reactive ketones (excluding diaryl/α,β-unsaturated/α-hetero) is 1. The van der Waals surface area contributed by atoms with E-state index in [0.29, 0.717) is 17.6 Å². The van der Waals surface area contributed by atoms with Crippen molar-refractivity contribution >= 4 is 5.78 Å². The summed E-state index contributed by atoms with van der Waals surface area (Å²) in [4.78, 5) is 12.1. The Kier molecular flexibility index (Phi) is 3.23. The van der Waals surface area contributed by atoms with Crippen LogP contribution < -0.4 is 0 Å². The van der Waals surface area contributed by atoms with Crippen molar-refractivity contribution in [3.8, 4) is 0 Å². The molecule has 1 unspecified atom stereocenters. The van der Waals surface area contributed by atoms with Crippen LogP contribution in [0.2, 0.25) is 0 Å². The molecular weight excluding hydrogens is 220 g/mol. The summed E-state index contributed by atoms with van der Waals surface area (Å²) >= 11 is 0. The van der Waals surface area contributed by atoms with Crippen molar-refractivity contribution in [1.29, 1.82) is 0 Å². The minimum absolute atomic E-state index is 0.362. The molecule has 0 aromatic heterocycles. The summed E-state index contributed by atoms with van der Waals surface area (Å²) in [7, 11) is 0. The first-order valence-electron chi connectivity index (χ1n) is 7.43. The van der Waals surface area contributed by atoms with Crippen LogP contribution in [0.1, 0.15) is 85.2 Å². The third-order valence-corrected chi connectivity index (χ3v) is 4.79. The van der Waals surface area contributed by atoms with Crippen molar-refractivity contribution in [3.05, 3.63) is 34.9 Å². The molecular formula is C17H22O. The van der Waals surface area contributed by atoms with E-state index in [0.717, 1.165) is 18.4 Å². The van der Waals surface area contributed by atoms with E-state index in [1.807, 2.05) is 0 Å². The largest absolute Gasteiger partial charge is 0.294 e. The standard InChI is InChI=1S/C17H22O/c1-12-7-10-17(18)16-11-14(8-9-15(12)16)13-5-3-2-4-6-13/h8-9,11-13H,2-7,10H2,1H3. The lowest BCUT2D eigenvalue weighted by Gasteiger charge is -2.26. The fourth-order valence-electron chi connectivity index (χ4n) is 3.57. The third kappa shape index (κ3) is 2.11. The van der Waals surface area contributed by atoms with E-state index in [2.05, 4.69) is 25.1 Å². The molecule has 0 N–H and O–H groups in total. The predicted molar refractivity (Wildman–Crippen MR) is 74.2 cm³/mol. The molecule has 0 spiro atoms. The Morgan fingerprint density at radius 3 is 2.61 bits per heavy atom. The van der Waals surface area contributed by atoms with Gasteiger partial charge in [0.1, 0.15) is 0 Å². The van der Waals surface area contributed by atoms with Gasteiger partial charge in [-0.3, -0.25) is 4.79 Å². The molecule has 1 atom stereocenters. The minimum atomic E-state index is 0.362. The molecule has 3 rings (SSSR count). The van der Waals surface area contributed by atoms with Gasteiger partial charge in [-0.25, -0.2) is 0 Å². The highest BCUT2D eigenvalue weighted by Crippen LogP contribution is 2.37. The van der Waals surface area contributed by atoms with Gasteiger partial charge in [0.2, 0.25) is 0 Å². The Balaban J connectivity index is 1.94. The zero-order valence-electron chi connectivity index (χ0n) is 11.2. The predicted octanol–water partition coefficient (Wildman–Crippen LogP) is 4.81. The van der Waals surface area contributed by atoms with E-state index in [4.69, 9.17) is 0 Å². The van der Waals surface area contributed by atoms with Crippen LogP contribution in [0, 0.1) is 0 Å². The summed E-state index contributed by atoms with van der Waals surface area (Å²) in [6, 6.07) is 6.72. The number of rotatable bonds is 1. The highest BCUT2D eigenvalue weighted by atomic mass is 16.1. The lowest BCUT2D eigenvalue weighted by atomic mass is 9.78. The Hall–Kier alpha value is -1.11. The average molecular weight is 242 g/mol. The fourth-order valence-corrected chi connectivity index (χ4v) is 3.57. The summed E-state index contributed by atoms with van der Waals surface area (Å²) in [6.07, 6.45) is 8.47. The summed E-state index contributed by atoms with van der Waals surface area (Å²) in [5.74, 6) is 1.62. The molecule has 96 valence electrons. The normalized spacial score (nSPS) is 24.9. The van der Waals surface area contributed by atoms with Gasteiger partial charge in [0.15, 0.2) is 5.78 Å². The number of carbonyl (C=O) groups excluding carboxylic acids is 1. The Labute approximate surface area is 110 Å². The van der Waals surface area contributed by atoms with Gasteiger partial charge in [0.25, 0.3) is 0 Å². The molecule has 0 saturated heterocycles. The number of fused-ring (bicyclic) bond motifs is 1. The van der Waals surface area contributed by atoms with Crippen LogP contribution in [0.4, 0.5) is 0 Å². The van der Waals surface area contributed by atoms with Gasteiger partial charge in [-0.05, 0) is 48.3 Å². The van der Waals surface area contributed by atoms with Gasteiger partial charge >= 0.3 is 0 Å². The molecule has 1 saturated carbocycles. The van der Waals surface area contributed by atoms with Crippen LogP contribution in [0.15, 0.2) is 18.2 Å². The number of hydrogen-bond donors (Lipinski definition) is 0. The number of carbonyl (C=O) groups is 1. The maximum atomic E-state index is 12.1. The monoisotopic (exact) mass is 242 g/mol. The fraction of sp³-hybridized carbons (Fsp3) is 0.588. The second-order valence-corrected chi connectivity index (χ2v) is 6.04. The SMILES string of the molecule is CC1CCC(=O)c2cc(C3CCCCC3)ccc21. The van der Waals surface area contributed by atoms with Crippen molar-refractivity contribution in [2.24, 2.45) is 0 Å². The first-order valence-corrected chi connectivity index (χ1v) is 7.43. The summed E-state index contributed by atoms with van der Waals surface area (Å²) in [5.41, 5.74) is 3.72. The third-order valence-electron chi connectivity index (χ3n) is 4.79. The van der Waals surface area contributed by atoms with Crippen molar-refractivity contribution < 1.29 is 4.79 Å². The number of benzene rings is 1. The van der Waals surface area contributed by atoms with Gasteiger partial charge in [-0.2, -0.15) is 0 Å². The number of hydrogen-bond acceptors (Lipinski definition) is 1. The van der Waals surface area contributed by atoms with E-state index >= 15 is 0 Å². The van der Waals surface area contributed by atoms with Crippen molar-refractivity contribution in [2.45, 2.75) is 63.7 Å². The van der Waals surface area contributed by atoms with Crippen LogP contribution in [0.3, 0.4) is 0 Å². The molecule has 0 bridgehead atoms. The Morgan fingerprint density at radius 1 is 1.06 bits per heavy atom. The molecule has 1 aromatic rings. The van der Waals surface area contributed by atoms with Crippen LogP contribution >= 0.6 is 0 Å². The molecule has 1 heteroatoms. The van der Waals surface area contributed by atoms with E-state index in [-0.39, 0.29) is 0 Å². The molecule has 1 aromatic carbocycles. The molecule has 2 aliphatic carbocycles. The van der Waals surface area contributed by atoms with E-state index in [1.54, 1.807) is 0 Å². The van der Waals surface area contributed by atoms with E-state index in [9.17, 15) is 4.79 Å². The quantitative estimate of drug-likeness (QED) is 0.690. The molecule has 0 aliphatic heterocycles.